The first-order valence-electron chi connectivity index (χ1n) is 6.95. The maximum atomic E-state index is 13.1. The van der Waals surface area contributed by atoms with E-state index in [1.165, 1.54) is 6.07 Å². The number of benzene rings is 1. The van der Waals surface area contributed by atoms with Crippen molar-refractivity contribution in [1.82, 2.24) is 0 Å². The van der Waals surface area contributed by atoms with E-state index in [2.05, 4.69) is 20.8 Å². The lowest BCUT2D eigenvalue weighted by Gasteiger charge is -2.25. The fourth-order valence-corrected chi connectivity index (χ4v) is 2.56. The average Bonchev–Trinajstić information content (AvgIpc) is 2.69. The lowest BCUT2D eigenvalue weighted by molar-refractivity contribution is 0.213. The molecule has 2 unspecified atom stereocenters. The molecule has 2 rings (SSSR count). The fourth-order valence-electron chi connectivity index (χ4n) is 2.41. The van der Waals surface area contributed by atoms with Crippen LogP contribution >= 0.6 is 11.6 Å². The summed E-state index contributed by atoms with van der Waals surface area (Å²) in [5, 5.41) is 0.189. The number of rotatable bonds is 4. The highest BCUT2D eigenvalue weighted by atomic mass is 35.5. The molecule has 1 nitrogen and oxygen atoms in total. The molecule has 0 saturated heterocycles. The molecule has 1 aliphatic heterocycles. The van der Waals surface area contributed by atoms with Crippen LogP contribution in [0.4, 0.5) is 4.39 Å². The van der Waals surface area contributed by atoms with Crippen molar-refractivity contribution in [1.29, 1.82) is 0 Å². The van der Waals surface area contributed by atoms with Gasteiger partial charge in [-0.15, -0.1) is 11.6 Å². The van der Waals surface area contributed by atoms with E-state index in [1.807, 2.05) is 0 Å². The molecule has 0 bridgehead atoms. The molecule has 0 saturated carbocycles. The van der Waals surface area contributed by atoms with Gasteiger partial charge in [0, 0.05) is 17.4 Å². The Hall–Kier alpha value is -0.760. The van der Waals surface area contributed by atoms with Crippen LogP contribution in [0.3, 0.4) is 0 Å². The van der Waals surface area contributed by atoms with E-state index in [4.69, 9.17) is 16.3 Å². The predicted octanol–water partition coefficient (Wildman–Crippen LogP) is 4.95. The summed E-state index contributed by atoms with van der Waals surface area (Å²) in [6.07, 6.45) is 4.02. The summed E-state index contributed by atoms with van der Waals surface area (Å²) in [6, 6.07) is 4.76. The van der Waals surface area contributed by atoms with Gasteiger partial charge in [0.25, 0.3) is 0 Å². The number of fused-ring (bicyclic) bond motifs is 1. The standard InChI is InChI=1S/C16H22ClFO/c1-16(2,3)15(17)6-4-5-13-10-11-9-12(18)7-8-14(11)19-13/h7-9,13,15H,4-6,10H2,1-3H3. The molecule has 1 aromatic rings. The van der Waals surface area contributed by atoms with Gasteiger partial charge in [0.2, 0.25) is 0 Å². The van der Waals surface area contributed by atoms with Crippen LogP contribution in [0.1, 0.15) is 45.6 Å². The largest absolute Gasteiger partial charge is 0.490 e. The molecule has 106 valence electrons. The van der Waals surface area contributed by atoms with Crippen molar-refractivity contribution in [3.8, 4) is 5.75 Å². The molecule has 0 N–H and O–H groups in total. The molecule has 19 heavy (non-hydrogen) atoms. The number of hydrogen-bond donors (Lipinski definition) is 0. The van der Waals surface area contributed by atoms with Crippen LogP contribution in [0.25, 0.3) is 0 Å². The molecule has 2 atom stereocenters. The van der Waals surface area contributed by atoms with Gasteiger partial charge in [0.05, 0.1) is 0 Å². The van der Waals surface area contributed by atoms with Crippen molar-refractivity contribution in [2.24, 2.45) is 5.41 Å². The van der Waals surface area contributed by atoms with Crippen LogP contribution in [-0.4, -0.2) is 11.5 Å². The SMILES string of the molecule is CC(C)(C)C(Cl)CCCC1Cc2cc(F)ccc2O1. The second-order valence-electron chi connectivity index (χ2n) is 6.46. The summed E-state index contributed by atoms with van der Waals surface area (Å²) in [5.74, 6) is 0.654. The highest BCUT2D eigenvalue weighted by molar-refractivity contribution is 6.21. The third kappa shape index (κ3) is 3.85. The van der Waals surface area contributed by atoms with Gasteiger partial charge >= 0.3 is 0 Å². The van der Waals surface area contributed by atoms with Crippen molar-refractivity contribution in [3.05, 3.63) is 29.6 Å². The number of hydrogen-bond acceptors (Lipinski definition) is 1. The van der Waals surface area contributed by atoms with Gasteiger partial charge in [0.15, 0.2) is 0 Å². The summed E-state index contributed by atoms with van der Waals surface area (Å²) in [5.41, 5.74) is 1.13. The van der Waals surface area contributed by atoms with Crippen LogP contribution in [0, 0.1) is 11.2 Å². The van der Waals surface area contributed by atoms with Gasteiger partial charge in [-0.1, -0.05) is 20.8 Å². The van der Waals surface area contributed by atoms with E-state index in [1.54, 1.807) is 12.1 Å². The Morgan fingerprint density at radius 3 is 2.84 bits per heavy atom. The van der Waals surface area contributed by atoms with Gasteiger partial charge in [0.1, 0.15) is 17.7 Å². The lowest BCUT2D eigenvalue weighted by atomic mass is 9.88. The van der Waals surface area contributed by atoms with Crippen molar-refractivity contribution in [2.75, 3.05) is 0 Å². The third-order valence-corrected chi connectivity index (χ3v) is 4.56. The Morgan fingerprint density at radius 2 is 2.16 bits per heavy atom. The zero-order chi connectivity index (χ0) is 14.0. The first-order valence-corrected chi connectivity index (χ1v) is 7.39. The zero-order valence-electron chi connectivity index (χ0n) is 11.9. The lowest BCUT2D eigenvalue weighted by Crippen LogP contribution is -2.21. The van der Waals surface area contributed by atoms with E-state index < -0.39 is 0 Å². The minimum absolute atomic E-state index is 0.143. The minimum Gasteiger partial charge on any atom is -0.490 e. The molecule has 3 heteroatoms. The van der Waals surface area contributed by atoms with Crippen molar-refractivity contribution >= 4 is 11.6 Å². The summed E-state index contributed by atoms with van der Waals surface area (Å²) < 4.78 is 18.9. The van der Waals surface area contributed by atoms with Crippen LogP contribution in [0.2, 0.25) is 0 Å². The Morgan fingerprint density at radius 1 is 1.42 bits per heavy atom. The molecule has 0 fully saturated rings. The van der Waals surface area contributed by atoms with E-state index in [-0.39, 0.29) is 22.7 Å². The molecular formula is C16H22ClFO. The third-order valence-electron chi connectivity index (χ3n) is 3.69. The Kier molecular flexibility index (Phi) is 4.39. The molecule has 0 spiro atoms. The quantitative estimate of drug-likeness (QED) is 0.711. The second kappa shape index (κ2) is 5.70. The van der Waals surface area contributed by atoms with Crippen LogP contribution in [-0.2, 0) is 6.42 Å². The average molecular weight is 285 g/mol. The molecule has 0 radical (unpaired) electrons. The summed E-state index contributed by atoms with van der Waals surface area (Å²) in [6.45, 7) is 6.49. The molecule has 1 heterocycles. The molecule has 1 aliphatic rings. The van der Waals surface area contributed by atoms with Crippen molar-refractivity contribution in [3.63, 3.8) is 0 Å². The number of halogens is 2. The monoisotopic (exact) mass is 284 g/mol. The number of ether oxygens (including phenoxy) is 1. The van der Waals surface area contributed by atoms with Crippen LogP contribution < -0.4 is 4.74 Å². The van der Waals surface area contributed by atoms with Gasteiger partial charge < -0.3 is 4.74 Å². The van der Waals surface area contributed by atoms with Crippen molar-refractivity contribution in [2.45, 2.75) is 57.9 Å². The second-order valence-corrected chi connectivity index (χ2v) is 6.99. The molecule has 0 amide bonds. The molecule has 0 aliphatic carbocycles. The fraction of sp³-hybridized carbons (Fsp3) is 0.625. The maximum Gasteiger partial charge on any atom is 0.123 e. The smallest absolute Gasteiger partial charge is 0.123 e. The Balaban J connectivity index is 1.78. The topological polar surface area (TPSA) is 9.23 Å². The minimum atomic E-state index is -0.184. The van der Waals surface area contributed by atoms with E-state index in [9.17, 15) is 4.39 Å². The first-order chi connectivity index (χ1) is 8.86. The highest BCUT2D eigenvalue weighted by Gasteiger charge is 2.25. The summed E-state index contributed by atoms with van der Waals surface area (Å²) in [4.78, 5) is 0. The zero-order valence-corrected chi connectivity index (χ0v) is 12.6. The van der Waals surface area contributed by atoms with E-state index in [0.29, 0.717) is 0 Å². The van der Waals surface area contributed by atoms with Gasteiger partial charge in [-0.2, -0.15) is 0 Å². The molecule has 0 aromatic heterocycles. The summed E-state index contributed by atoms with van der Waals surface area (Å²) >= 11 is 6.36. The van der Waals surface area contributed by atoms with E-state index in [0.717, 1.165) is 37.0 Å². The van der Waals surface area contributed by atoms with E-state index >= 15 is 0 Å². The predicted molar refractivity (Wildman–Crippen MR) is 77.5 cm³/mol. The van der Waals surface area contributed by atoms with Crippen molar-refractivity contribution < 1.29 is 9.13 Å². The van der Waals surface area contributed by atoms with Gasteiger partial charge in [-0.25, -0.2) is 4.39 Å². The Labute approximate surface area is 120 Å². The normalized spacial score (nSPS) is 19.9. The highest BCUT2D eigenvalue weighted by Crippen LogP contribution is 2.33. The van der Waals surface area contributed by atoms with Gasteiger partial charge in [-0.3, -0.25) is 0 Å². The Bertz CT molecular complexity index is 439. The maximum absolute atomic E-state index is 13.1. The summed E-state index contributed by atoms with van der Waals surface area (Å²) in [7, 11) is 0. The molecule has 1 aromatic carbocycles. The van der Waals surface area contributed by atoms with Crippen LogP contribution in [0.15, 0.2) is 18.2 Å². The van der Waals surface area contributed by atoms with Gasteiger partial charge in [-0.05, 0) is 42.9 Å². The number of alkyl halides is 1. The first kappa shape index (κ1) is 14.6. The van der Waals surface area contributed by atoms with Crippen LogP contribution in [0.5, 0.6) is 5.75 Å². The molecular weight excluding hydrogens is 263 g/mol.